The van der Waals surface area contributed by atoms with Gasteiger partial charge in [-0.2, -0.15) is 27.2 Å². The number of halogens is 5. The lowest BCUT2D eigenvalue weighted by atomic mass is 9.98. The molecule has 0 aliphatic carbocycles. The van der Waals surface area contributed by atoms with Gasteiger partial charge in [0, 0.05) is 24.9 Å². The van der Waals surface area contributed by atoms with Crippen molar-refractivity contribution in [2.24, 2.45) is 0 Å². The van der Waals surface area contributed by atoms with Crippen LogP contribution in [0.1, 0.15) is 59.3 Å². The number of H-pyrrole nitrogens is 1. The van der Waals surface area contributed by atoms with Crippen LogP contribution in [-0.2, 0) is 39.7 Å². The van der Waals surface area contributed by atoms with Crippen LogP contribution in [0.25, 0.3) is 22.5 Å². The van der Waals surface area contributed by atoms with Crippen molar-refractivity contribution in [2.75, 3.05) is 13.2 Å². The van der Waals surface area contributed by atoms with Gasteiger partial charge in [-0.25, -0.2) is 9.78 Å². The van der Waals surface area contributed by atoms with Crippen LogP contribution >= 0.6 is 0 Å². The SMILES string of the molecule is CCCc1nc(C(F)(F)C(F)(F)F)c(C(=O)NC(Cc2ccccc2)C(=O)OCCCCO[N+](=O)[O-])n1Cc1ccc(-c2ccccc2-c2nn[nH]n2)cc1. The number of nitrogens with zero attached hydrogens (tertiary/aromatic N) is 6. The van der Waals surface area contributed by atoms with Crippen LogP contribution in [-0.4, -0.2) is 72.6 Å². The molecule has 290 valence electrons. The largest absolute Gasteiger partial charge is 0.464 e. The van der Waals surface area contributed by atoms with E-state index in [9.17, 15) is 32.9 Å². The number of carbonyl (C=O) groups is 2. The zero-order valence-corrected chi connectivity index (χ0v) is 29.3. The van der Waals surface area contributed by atoms with Gasteiger partial charge in [0.15, 0.2) is 5.69 Å². The van der Waals surface area contributed by atoms with Crippen molar-refractivity contribution in [2.45, 2.75) is 63.7 Å². The molecule has 5 aromatic rings. The number of amides is 1. The summed E-state index contributed by atoms with van der Waals surface area (Å²) < 4.78 is 78.7. The molecule has 0 saturated carbocycles. The molecule has 0 spiro atoms. The summed E-state index contributed by atoms with van der Waals surface area (Å²) in [6.45, 7) is 0.843. The van der Waals surface area contributed by atoms with Crippen molar-refractivity contribution in [3.05, 3.63) is 117 Å². The van der Waals surface area contributed by atoms with E-state index < -0.39 is 46.5 Å². The molecule has 0 bridgehead atoms. The second-order valence-corrected chi connectivity index (χ2v) is 12.3. The number of nitrogens with one attached hydrogen (secondary N) is 2. The van der Waals surface area contributed by atoms with Crippen molar-refractivity contribution in [1.82, 2.24) is 35.5 Å². The summed E-state index contributed by atoms with van der Waals surface area (Å²) in [7, 11) is 0. The Morgan fingerprint density at radius 2 is 1.60 bits per heavy atom. The van der Waals surface area contributed by atoms with Gasteiger partial charge in [0.25, 0.3) is 11.0 Å². The standard InChI is InChI=1S/C36H35F5N8O6/c1-2-10-29-43-31(35(37,38)36(39,40)41)30(33(50)42-28(21-23-11-4-3-5-12-23)34(51)54-19-8-9-20-55-49(52)53)48(29)22-24-15-17-25(18-16-24)26-13-6-7-14-27(26)32-44-46-47-45-32/h3-7,11-18,28H,2,8-10,19-22H2,1H3,(H,42,50)(H,44,45,46,47). The Bertz CT molecular complexity index is 2060. The van der Waals surface area contributed by atoms with E-state index in [2.05, 4.69) is 35.8 Å². The van der Waals surface area contributed by atoms with Crippen molar-refractivity contribution >= 4 is 11.9 Å². The zero-order chi connectivity index (χ0) is 39.6. The van der Waals surface area contributed by atoms with E-state index >= 15 is 8.78 Å². The highest BCUT2D eigenvalue weighted by molar-refractivity contribution is 5.97. The molecule has 1 unspecified atom stereocenters. The number of hydrogen-bond acceptors (Lipinski definition) is 10. The third-order valence-electron chi connectivity index (χ3n) is 8.36. The third-order valence-corrected chi connectivity index (χ3v) is 8.36. The Balaban J connectivity index is 1.49. The number of benzene rings is 3. The molecule has 0 saturated heterocycles. The monoisotopic (exact) mass is 770 g/mol. The molecule has 0 fully saturated rings. The number of rotatable bonds is 18. The Morgan fingerprint density at radius 1 is 0.927 bits per heavy atom. The normalized spacial score (nSPS) is 12.3. The summed E-state index contributed by atoms with van der Waals surface area (Å²) in [5.74, 6) is -7.81. The minimum atomic E-state index is -6.11. The molecule has 5 rings (SSSR count). The lowest BCUT2D eigenvalue weighted by Crippen LogP contribution is -2.45. The average Bonchev–Trinajstić information content (AvgIpc) is 3.82. The van der Waals surface area contributed by atoms with Gasteiger partial charge in [-0.1, -0.05) is 85.8 Å². The van der Waals surface area contributed by atoms with Crippen LogP contribution < -0.4 is 5.32 Å². The molecule has 0 aliphatic heterocycles. The molecule has 3 aromatic carbocycles. The fourth-order valence-electron chi connectivity index (χ4n) is 5.73. The Kier molecular flexibility index (Phi) is 12.9. The number of esters is 1. The van der Waals surface area contributed by atoms with Gasteiger partial charge < -0.3 is 19.5 Å². The topological polar surface area (TPSA) is 180 Å². The highest BCUT2D eigenvalue weighted by atomic mass is 19.4. The molecule has 14 nitrogen and oxygen atoms in total. The summed E-state index contributed by atoms with van der Waals surface area (Å²) in [5.41, 5.74) is 0.189. The zero-order valence-electron chi connectivity index (χ0n) is 29.3. The number of aryl methyl sites for hydroxylation is 1. The summed E-state index contributed by atoms with van der Waals surface area (Å²) in [6, 6.07) is 20.6. The number of carbonyl (C=O) groups excluding carboxylic acids is 2. The quantitative estimate of drug-likeness (QED) is 0.0340. The smallest absolute Gasteiger partial charge is 0.459 e. The first-order valence-electron chi connectivity index (χ1n) is 17.1. The number of aromatic nitrogens is 6. The lowest BCUT2D eigenvalue weighted by molar-refractivity contribution is -0.757. The second kappa shape index (κ2) is 17.7. The van der Waals surface area contributed by atoms with Crippen molar-refractivity contribution in [3.63, 3.8) is 0 Å². The highest BCUT2D eigenvalue weighted by Crippen LogP contribution is 2.45. The Hall–Kier alpha value is -6.27. The molecule has 1 amide bonds. The van der Waals surface area contributed by atoms with Crippen molar-refractivity contribution in [1.29, 1.82) is 0 Å². The molecule has 1 atom stereocenters. The number of hydrogen-bond donors (Lipinski definition) is 2. The Morgan fingerprint density at radius 3 is 2.24 bits per heavy atom. The summed E-state index contributed by atoms with van der Waals surface area (Å²) >= 11 is 0. The van der Waals surface area contributed by atoms with E-state index in [0.29, 0.717) is 28.1 Å². The van der Waals surface area contributed by atoms with Crippen molar-refractivity contribution in [3.8, 4) is 22.5 Å². The molecule has 0 aliphatic rings. The number of unbranched alkanes of at least 4 members (excludes halogenated alkanes) is 1. The number of alkyl halides is 5. The van der Waals surface area contributed by atoms with Gasteiger partial charge in [0.05, 0.1) is 13.2 Å². The number of aromatic amines is 1. The molecular formula is C36H35F5N8O6. The number of ether oxygens (including phenoxy) is 1. The van der Waals surface area contributed by atoms with Crippen LogP contribution in [0.2, 0.25) is 0 Å². The Labute approximate surface area is 310 Å². The molecule has 0 radical (unpaired) electrons. The molecular weight excluding hydrogens is 735 g/mol. The summed E-state index contributed by atoms with van der Waals surface area (Å²) in [6.07, 6.45) is -5.80. The van der Waals surface area contributed by atoms with Crippen LogP contribution in [0, 0.1) is 10.1 Å². The average molecular weight is 771 g/mol. The van der Waals surface area contributed by atoms with E-state index in [4.69, 9.17) is 4.74 Å². The van der Waals surface area contributed by atoms with E-state index in [0.717, 1.165) is 10.1 Å². The molecule has 55 heavy (non-hydrogen) atoms. The minimum Gasteiger partial charge on any atom is -0.464 e. The van der Waals surface area contributed by atoms with Crippen LogP contribution in [0.4, 0.5) is 22.0 Å². The van der Waals surface area contributed by atoms with Gasteiger partial charge in [0.1, 0.15) is 17.6 Å². The molecule has 2 heterocycles. The van der Waals surface area contributed by atoms with Gasteiger partial charge in [0.2, 0.25) is 5.82 Å². The maximum Gasteiger partial charge on any atom is 0.459 e. The number of tetrazole rings is 1. The van der Waals surface area contributed by atoms with E-state index in [1.807, 2.05) is 6.07 Å². The van der Waals surface area contributed by atoms with Gasteiger partial charge in [-0.15, -0.1) is 20.3 Å². The molecule has 19 heteroatoms. The van der Waals surface area contributed by atoms with Gasteiger partial charge in [-0.05, 0) is 46.7 Å². The van der Waals surface area contributed by atoms with E-state index in [1.165, 1.54) is 0 Å². The van der Waals surface area contributed by atoms with E-state index in [-0.39, 0.29) is 57.7 Å². The van der Waals surface area contributed by atoms with Crippen LogP contribution in [0.3, 0.4) is 0 Å². The fourth-order valence-corrected chi connectivity index (χ4v) is 5.73. The first-order valence-corrected chi connectivity index (χ1v) is 17.1. The minimum absolute atomic E-state index is 0.0555. The first-order chi connectivity index (χ1) is 26.3. The number of imidazole rings is 1. The van der Waals surface area contributed by atoms with Gasteiger partial charge >= 0.3 is 18.1 Å². The van der Waals surface area contributed by atoms with Gasteiger partial charge in [-0.3, -0.25) is 4.79 Å². The predicted molar refractivity (Wildman–Crippen MR) is 185 cm³/mol. The summed E-state index contributed by atoms with van der Waals surface area (Å²) in [4.78, 5) is 45.7. The third kappa shape index (κ3) is 9.84. The van der Waals surface area contributed by atoms with Crippen LogP contribution in [0.5, 0.6) is 0 Å². The summed E-state index contributed by atoms with van der Waals surface area (Å²) in [5, 5.41) is 25.8. The van der Waals surface area contributed by atoms with Crippen molar-refractivity contribution < 1.29 is 46.2 Å². The van der Waals surface area contributed by atoms with E-state index in [1.54, 1.807) is 79.7 Å². The lowest BCUT2D eigenvalue weighted by Gasteiger charge is -2.22. The second-order valence-electron chi connectivity index (χ2n) is 12.3. The maximum atomic E-state index is 15.3. The molecule has 2 aromatic heterocycles. The maximum absolute atomic E-state index is 15.3. The molecule has 2 N–H and O–H groups in total. The highest BCUT2D eigenvalue weighted by Gasteiger charge is 2.62. The predicted octanol–water partition coefficient (Wildman–Crippen LogP) is 6.26. The fraction of sp³-hybridized carbons (Fsp3) is 0.333. The van der Waals surface area contributed by atoms with Crippen LogP contribution in [0.15, 0.2) is 78.9 Å². The first kappa shape index (κ1) is 39.9.